The van der Waals surface area contributed by atoms with Gasteiger partial charge in [0.25, 0.3) is 0 Å². The van der Waals surface area contributed by atoms with Gasteiger partial charge in [-0.05, 0) is 11.6 Å². The van der Waals surface area contributed by atoms with Gasteiger partial charge in [0.1, 0.15) is 12.2 Å². The number of hydrogen-bond acceptors (Lipinski definition) is 4. The van der Waals surface area contributed by atoms with Crippen molar-refractivity contribution in [1.82, 2.24) is 5.16 Å². The summed E-state index contributed by atoms with van der Waals surface area (Å²) >= 11 is 3.40. The fourth-order valence-corrected chi connectivity index (χ4v) is 1.81. The van der Waals surface area contributed by atoms with Gasteiger partial charge in [0.2, 0.25) is 0 Å². The highest BCUT2D eigenvalue weighted by atomic mass is 79.9. The smallest absolute Gasteiger partial charge is 0.341 e. The van der Waals surface area contributed by atoms with Crippen LogP contribution in [-0.4, -0.2) is 16.2 Å². The minimum Gasteiger partial charge on any atom is -0.478 e. The molecule has 0 aliphatic rings. The molecule has 5 nitrogen and oxygen atoms in total. The molecule has 0 unspecified atom stereocenters. The Hall–Kier alpha value is -1.66. The van der Waals surface area contributed by atoms with E-state index in [1.165, 1.54) is 6.20 Å². The number of carbonyl (C=O) groups is 1. The molecule has 1 aromatic heterocycles. The fourth-order valence-electron chi connectivity index (χ4n) is 1.41. The lowest BCUT2D eigenvalue weighted by Gasteiger charge is -2.04. The Kier molecular flexibility index (Phi) is 4.11. The van der Waals surface area contributed by atoms with Gasteiger partial charge in [0.05, 0.1) is 12.8 Å². The van der Waals surface area contributed by atoms with Gasteiger partial charge < -0.3 is 14.4 Å². The molecule has 0 aliphatic carbocycles. The van der Waals surface area contributed by atoms with Gasteiger partial charge >= 0.3 is 5.97 Å². The first-order valence-corrected chi connectivity index (χ1v) is 5.96. The van der Waals surface area contributed by atoms with Crippen molar-refractivity contribution in [3.8, 4) is 0 Å². The van der Waals surface area contributed by atoms with Crippen LogP contribution in [0.25, 0.3) is 0 Å². The maximum Gasteiger partial charge on any atom is 0.341 e. The second-order valence-electron chi connectivity index (χ2n) is 3.55. The fraction of sp³-hybridized carbons (Fsp3) is 0.167. The molecule has 18 heavy (non-hydrogen) atoms. The molecule has 0 fully saturated rings. The van der Waals surface area contributed by atoms with Crippen LogP contribution in [0, 0.1) is 0 Å². The zero-order valence-corrected chi connectivity index (χ0v) is 10.9. The van der Waals surface area contributed by atoms with Crippen molar-refractivity contribution >= 4 is 21.9 Å². The van der Waals surface area contributed by atoms with E-state index in [-0.39, 0.29) is 17.9 Å². The van der Waals surface area contributed by atoms with Crippen LogP contribution in [0.4, 0.5) is 0 Å². The number of nitrogens with zero attached hydrogens (tertiary/aromatic N) is 1. The molecule has 0 amide bonds. The van der Waals surface area contributed by atoms with E-state index in [4.69, 9.17) is 14.4 Å². The molecule has 0 aliphatic heterocycles. The van der Waals surface area contributed by atoms with Gasteiger partial charge in [0.15, 0.2) is 5.76 Å². The molecule has 0 bridgehead atoms. The van der Waals surface area contributed by atoms with E-state index < -0.39 is 5.97 Å². The lowest BCUT2D eigenvalue weighted by molar-refractivity contribution is 0.0667. The van der Waals surface area contributed by atoms with Gasteiger partial charge in [-0.25, -0.2) is 4.79 Å². The van der Waals surface area contributed by atoms with Crippen LogP contribution < -0.4 is 0 Å². The van der Waals surface area contributed by atoms with Crippen LogP contribution in [-0.2, 0) is 18.0 Å². The number of aromatic nitrogens is 1. The SMILES string of the molecule is O=C(O)c1cnoc1COCc1ccccc1Br. The molecule has 2 rings (SSSR count). The molecule has 0 radical (unpaired) electrons. The molecule has 0 spiro atoms. The summed E-state index contributed by atoms with van der Waals surface area (Å²) in [4.78, 5) is 10.8. The second kappa shape index (κ2) is 5.79. The van der Waals surface area contributed by atoms with Gasteiger partial charge in [-0.1, -0.05) is 39.3 Å². The molecule has 0 saturated heterocycles. The van der Waals surface area contributed by atoms with Crippen molar-refractivity contribution in [2.45, 2.75) is 13.2 Å². The molecule has 1 heterocycles. The third-order valence-corrected chi connectivity index (χ3v) is 3.10. The van der Waals surface area contributed by atoms with Crippen molar-refractivity contribution < 1.29 is 19.2 Å². The summed E-state index contributed by atoms with van der Waals surface area (Å²) in [6, 6.07) is 7.64. The van der Waals surface area contributed by atoms with Crippen molar-refractivity contribution in [2.75, 3.05) is 0 Å². The molecular weight excluding hydrogens is 302 g/mol. The van der Waals surface area contributed by atoms with Crippen LogP contribution in [0.15, 0.2) is 39.5 Å². The lowest BCUT2D eigenvalue weighted by Crippen LogP contribution is -2.01. The number of hydrogen-bond donors (Lipinski definition) is 1. The second-order valence-corrected chi connectivity index (χ2v) is 4.41. The predicted octanol–water partition coefficient (Wildman–Crippen LogP) is 2.85. The maximum absolute atomic E-state index is 10.8. The van der Waals surface area contributed by atoms with E-state index in [0.717, 1.165) is 10.0 Å². The first-order chi connectivity index (χ1) is 8.68. The third kappa shape index (κ3) is 2.96. The quantitative estimate of drug-likeness (QED) is 0.919. The first-order valence-electron chi connectivity index (χ1n) is 5.16. The van der Waals surface area contributed by atoms with E-state index in [0.29, 0.717) is 6.61 Å². The van der Waals surface area contributed by atoms with Crippen molar-refractivity contribution in [3.05, 3.63) is 51.8 Å². The van der Waals surface area contributed by atoms with Crippen LogP contribution in [0.1, 0.15) is 21.7 Å². The largest absolute Gasteiger partial charge is 0.478 e. The summed E-state index contributed by atoms with van der Waals surface area (Å²) in [5, 5.41) is 12.3. The normalized spacial score (nSPS) is 10.5. The van der Waals surface area contributed by atoms with E-state index in [2.05, 4.69) is 21.1 Å². The Bertz CT molecular complexity index is 553. The minimum atomic E-state index is -1.07. The Morgan fingerprint density at radius 1 is 1.39 bits per heavy atom. The van der Waals surface area contributed by atoms with Gasteiger partial charge in [0, 0.05) is 4.47 Å². The molecule has 2 aromatic rings. The number of rotatable bonds is 5. The molecule has 0 atom stereocenters. The van der Waals surface area contributed by atoms with Gasteiger partial charge in [-0.2, -0.15) is 0 Å². The lowest BCUT2D eigenvalue weighted by atomic mass is 10.2. The Morgan fingerprint density at radius 3 is 2.89 bits per heavy atom. The summed E-state index contributed by atoms with van der Waals surface area (Å²) < 4.78 is 11.2. The molecule has 1 N–H and O–H groups in total. The number of carboxylic acids is 1. The predicted molar refractivity (Wildman–Crippen MR) is 66.1 cm³/mol. The highest BCUT2D eigenvalue weighted by Gasteiger charge is 2.14. The van der Waals surface area contributed by atoms with E-state index >= 15 is 0 Å². The Balaban J connectivity index is 1.95. The first kappa shape index (κ1) is 12.8. The van der Waals surface area contributed by atoms with E-state index in [1.807, 2.05) is 24.3 Å². The summed E-state index contributed by atoms with van der Waals surface area (Å²) in [5.41, 5.74) is 1.01. The Morgan fingerprint density at radius 2 is 2.17 bits per heavy atom. The van der Waals surface area contributed by atoms with Crippen LogP contribution >= 0.6 is 15.9 Å². The van der Waals surface area contributed by atoms with Crippen LogP contribution in [0.3, 0.4) is 0 Å². The highest BCUT2D eigenvalue weighted by Crippen LogP contribution is 2.18. The number of benzene rings is 1. The van der Waals surface area contributed by atoms with Crippen LogP contribution in [0.5, 0.6) is 0 Å². The van der Waals surface area contributed by atoms with Crippen molar-refractivity contribution in [1.29, 1.82) is 0 Å². The summed E-state index contributed by atoms with van der Waals surface area (Å²) in [6.45, 7) is 0.435. The standard InChI is InChI=1S/C12H10BrNO4/c13-10-4-2-1-3-8(10)6-17-7-11-9(12(15)16)5-14-18-11/h1-5H,6-7H2,(H,15,16). The van der Waals surface area contributed by atoms with Gasteiger partial charge in [-0.15, -0.1) is 0 Å². The van der Waals surface area contributed by atoms with Crippen molar-refractivity contribution in [3.63, 3.8) is 0 Å². The summed E-state index contributed by atoms with van der Waals surface area (Å²) in [6.07, 6.45) is 1.17. The summed E-state index contributed by atoms with van der Waals surface area (Å²) in [7, 11) is 0. The Labute approximate surface area is 111 Å². The average Bonchev–Trinajstić information content (AvgIpc) is 2.80. The monoisotopic (exact) mass is 311 g/mol. The zero-order chi connectivity index (χ0) is 13.0. The maximum atomic E-state index is 10.8. The summed E-state index contributed by atoms with van der Waals surface area (Å²) in [5.74, 6) is -0.856. The number of carboxylic acid groups (broad SMARTS) is 1. The topological polar surface area (TPSA) is 72.6 Å². The number of ether oxygens (including phenoxy) is 1. The van der Waals surface area contributed by atoms with E-state index in [1.54, 1.807) is 0 Å². The molecule has 94 valence electrons. The molecule has 0 saturated carbocycles. The van der Waals surface area contributed by atoms with Crippen LogP contribution in [0.2, 0.25) is 0 Å². The third-order valence-electron chi connectivity index (χ3n) is 2.32. The van der Waals surface area contributed by atoms with Gasteiger partial charge in [-0.3, -0.25) is 0 Å². The highest BCUT2D eigenvalue weighted by molar-refractivity contribution is 9.10. The average molecular weight is 312 g/mol. The number of halogens is 1. The molecule has 6 heteroatoms. The molecule has 1 aromatic carbocycles. The van der Waals surface area contributed by atoms with E-state index in [9.17, 15) is 4.79 Å². The number of aromatic carboxylic acids is 1. The minimum absolute atomic E-state index is 0.0297. The molecular formula is C12H10BrNO4. The zero-order valence-electron chi connectivity index (χ0n) is 9.30. The van der Waals surface area contributed by atoms with Crippen molar-refractivity contribution in [2.24, 2.45) is 0 Å².